The highest BCUT2D eigenvalue weighted by atomic mass is 16.4. The first kappa shape index (κ1) is 19.0. The third kappa shape index (κ3) is 5.93. The predicted octanol–water partition coefficient (Wildman–Crippen LogP) is 3.44. The normalized spacial score (nSPS) is 13.5. The van der Waals surface area contributed by atoms with Crippen molar-refractivity contribution in [3.05, 3.63) is 35.4 Å². The van der Waals surface area contributed by atoms with Gasteiger partial charge in [0.1, 0.15) is 0 Å². The van der Waals surface area contributed by atoms with Crippen LogP contribution in [0, 0.1) is 18.8 Å². The van der Waals surface area contributed by atoms with Crippen molar-refractivity contribution >= 4 is 12.0 Å². The molecule has 2 N–H and O–H groups in total. The average Bonchev–Trinajstić information content (AvgIpc) is 2.46. The minimum Gasteiger partial charge on any atom is -0.481 e. The summed E-state index contributed by atoms with van der Waals surface area (Å²) in [4.78, 5) is 24.8. The molecule has 5 heteroatoms. The van der Waals surface area contributed by atoms with Crippen molar-refractivity contribution in [2.75, 3.05) is 13.6 Å². The number of rotatable bonds is 7. The SMILES string of the molecule is Cc1ccccc1C(CC(C)C)NC(=O)N(C)CC(C)C(=O)O. The number of hydrogen-bond acceptors (Lipinski definition) is 2. The summed E-state index contributed by atoms with van der Waals surface area (Å²) < 4.78 is 0. The lowest BCUT2D eigenvalue weighted by Gasteiger charge is -2.27. The van der Waals surface area contributed by atoms with Gasteiger partial charge in [-0.2, -0.15) is 0 Å². The zero-order valence-electron chi connectivity index (χ0n) is 14.7. The van der Waals surface area contributed by atoms with Crippen molar-refractivity contribution in [1.29, 1.82) is 0 Å². The highest BCUT2D eigenvalue weighted by molar-refractivity contribution is 5.76. The number of nitrogens with one attached hydrogen (secondary N) is 1. The van der Waals surface area contributed by atoms with Gasteiger partial charge in [0.25, 0.3) is 0 Å². The van der Waals surface area contributed by atoms with Crippen molar-refractivity contribution in [2.45, 2.75) is 40.2 Å². The van der Waals surface area contributed by atoms with Crippen LogP contribution in [0.25, 0.3) is 0 Å². The third-order valence-corrected chi connectivity index (χ3v) is 3.88. The molecule has 1 rings (SSSR count). The van der Waals surface area contributed by atoms with E-state index in [9.17, 15) is 9.59 Å². The van der Waals surface area contributed by atoms with Crippen LogP contribution in [0.3, 0.4) is 0 Å². The van der Waals surface area contributed by atoms with Crippen molar-refractivity contribution in [1.82, 2.24) is 10.2 Å². The summed E-state index contributed by atoms with van der Waals surface area (Å²) >= 11 is 0. The van der Waals surface area contributed by atoms with E-state index >= 15 is 0 Å². The van der Waals surface area contributed by atoms with Gasteiger partial charge in [-0.05, 0) is 30.4 Å². The van der Waals surface area contributed by atoms with Gasteiger partial charge in [-0.25, -0.2) is 4.79 Å². The molecule has 2 unspecified atom stereocenters. The molecule has 2 atom stereocenters. The highest BCUT2D eigenvalue weighted by Crippen LogP contribution is 2.24. The summed E-state index contributed by atoms with van der Waals surface area (Å²) in [6.45, 7) is 8.05. The number of carbonyl (C=O) groups excluding carboxylic acids is 1. The third-order valence-electron chi connectivity index (χ3n) is 3.88. The second-order valence-electron chi connectivity index (χ2n) is 6.61. The molecule has 0 saturated heterocycles. The van der Waals surface area contributed by atoms with Crippen molar-refractivity contribution in [3.8, 4) is 0 Å². The van der Waals surface area contributed by atoms with Crippen molar-refractivity contribution in [3.63, 3.8) is 0 Å². The smallest absolute Gasteiger partial charge is 0.317 e. The maximum atomic E-state index is 12.4. The van der Waals surface area contributed by atoms with Crippen LogP contribution in [0.2, 0.25) is 0 Å². The second kappa shape index (κ2) is 8.56. The molecular formula is C18H28N2O3. The number of carboxylic acids is 1. The molecule has 2 amide bonds. The molecular weight excluding hydrogens is 292 g/mol. The van der Waals surface area contributed by atoms with Gasteiger partial charge in [-0.1, -0.05) is 45.0 Å². The van der Waals surface area contributed by atoms with Gasteiger partial charge in [0.15, 0.2) is 0 Å². The van der Waals surface area contributed by atoms with Gasteiger partial charge < -0.3 is 15.3 Å². The zero-order chi connectivity index (χ0) is 17.6. The van der Waals surface area contributed by atoms with Crippen molar-refractivity contribution in [2.24, 2.45) is 11.8 Å². The first-order valence-corrected chi connectivity index (χ1v) is 8.02. The second-order valence-corrected chi connectivity index (χ2v) is 6.61. The molecule has 0 spiro atoms. The van der Waals surface area contributed by atoms with Crippen LogP contribution >= 0.6 is 0 Å². The lowest BCUT2D eigenvalue weighted by Crippen LogP contribution is -2.42. The Labute approximate surface area is 138 Å². The minimum atomic E-state index is -0.901. The van der Waals surface area contributed by atoms with E-state index in [0.29, 0.717) is 5.92 Å². The predicted molar refractivity (Wildman–Crippen MR) is 91.3 cm³/mol. The van der Waals surface area contributed by atoms with Gasteiger partial charge in [-0.3, -0.25) is 4.79 Å². The Morgan fingerprint density at radius 3 is 2.35 bits per heavy atom. The van der Waals surface area contributed by atoms with Gasteiger partial charge in [0, 0.05) is 13.6 Å². The van der Waals surface area contributed by atoms with E-state index in [1.165, 1.54) is 4.90 Å². The number of carbonyl (C=O) groups is 2. The first-order chi connectivity index (χ1) is 10.7. The Bertz CT molecular complexity index is 543. The lowest BCUT2D eigenvalue weighted by atomic mass is 9.94. The summed E-state index contributed by atoms with van der Waals surface area (Å²) in [5.74, 6) is -1.06. The first-order valence-electron chi connectivity index (χ1n) is 8.02. The topological polar surface area (TPSA) is 69.6 Å². The fourth-order valence-corrected chi connectivity index (χ4v) is 2.54. The number of hydrogen-bond donors (Lipinski definition) is 2. The molecule has 0 radical (unpaired) electrons. The van der Waals surface area contributed by atoms with Gasteiger partial charge >= 0.3 is 12.0 Å². The Hall–Kier alpha value is -2.04. The molecule has 0 aromatic heterocycles. The van der Waals surface area contributed by atoms with Crippen LogP contribution < -0.4 is 5.32 Å². The van der Waals surface area contributed by atoms with E-state index in [1.807, 2.05) is 31.2 Å². The maximum absolute atomic E-state index is 12.4. The molecule has 0 aliphatic carbocycles. The molecule has 0 bridgehead atoms. The fraction of sp³-hybridized carbons (Fsp3) is 0.556. The number of urea groups is 1. The number of benzene rings is 1. The minimum absolute atomic E-state index is 0.0775. The van der Waals surface area contributed by atoms with E-state index in [0.717, 1.165) is 17.5 Å². The Kier molecular flexibility index (Phi) is 7.07. The van der Waals surface area contributed by atoms with Crippen LogP contribution in [-0.2, 0) is 4.79 Å². The molecule has 0 heterocycles. The largest absolute Gasteiger partial charge is 0.481 e. The van der Waals surface area contributed by atoms with E-state index in [2.05, 4.69) is 19.2 Å². The molecule has 1 aromatic carbocycles. The molecule has 1 aromatic rings. The molecule has 128 valence electrons. The van der Waals surface area contributed by atoms with E-state index < -0.39 is 11.9 Å². The Morgan fingerprint density at radius 1 is 1.22 bits per heavy atom. The quantitative estimate of drug-likeness (QED) is 0.808. The summed E-state index contributed by atoms with van der Waals surface area (Å²) in [5.41, 5.74) is 2.24. The van der Waals surface area contributed by atoms with Crippen LogP contribution in [0.5, 0.6) is 0 Å². The van der Waals surface area contributed by atoms with E-state index in [4.69, 9.17) is 5.11 Å². The highest BCUT2D eigenvalue weighted by Gasteiger charge is 2.22. The van der Waals surface area contributed by atoms with Gasteiger partial charge in [-0.15, -0.1) is 0 Å². The van der Waals surface area contributed by atoms with Crippen molar-refractivity contribution < 1.29 is 14.7 Å². The Morgan fingerprint density at radius 2 is 1.83 bits per heavy atom. The fourth-order valence-electron chi connectivity index (χ4n) is 2.54. The van der Waals surface area contributed by atoms with Crippen LogP contribution in [0.1, 0.15) is 44.4 Å². The molecule has 0 aliphatic rings. The van der Waals surface area contributed by atoms with Gasteiger partial charge in [0.2, 0.25) is 0 Å². The lowest BCUT2D eigenvalue weighted by molar-refractivity contribution is -0.141. The molecule has 0 saturated carbocycles. The van der Waals surface area contributed by atoms with Gasteiger partial charge in [0.05, 0.1) is 12.0 Å². The molecule has 0 aliphatic heterocycles. The van der Waals surface area contributed by atoms with Crippen LogP contribution in [-0.4, -0.2) is 35.6 Å². The van der Waals surface area contributed by atoms with Crippen LogP contribution in [0.4, 0.5) is 4.79 Å². The summed E-state index contributed by atoms with van der Waals surface area (Å²) in [6, 6.07) is 7.69. The number of nitrogens with zero attached hydrogens (tertiary/aromatic N) is 1. The summed E-state index contributed by atoms with van der Waals surface area (Å²) in [7, 11) is 1.62. The van der Waals surface area contributed by atoms with Crippen LogP contribution in [0.15, 0.2) is 24.3 Å². The zero-order valence-corrected chi connectivity index (χ0v) is 14.7. The number of amides is 2. The Balaban J connectivity index is 2.83. The number of aryl methyl sites for hydroxylation is 1. The maximum Gasteiger partial charge on any atom is 0.317 e. The van der Waals surface area contributed by atoms with E-state index in [1.54, 1.807) is 14.0 Å². The molecule has 0 fully saturated rings. The number of aliphatic carboxylic acids is 1. The molecule has 23 heavy (non-hydrogen) atoms. The van der Waals surface area contributed by atoms with E-state index in [-0.39, 0.29) is 18.6 Å². The monoisotopic (exact) mass is 320 g/mol. The molecule has 5 nitrogen and oxygen atoms in total. The standard InChI is InChI=1S/C18H28N2O3/c1-12(2)10-16(15-9-7-6-8-13(15)3)19-18(23)20(5)11-14(4)17(21)22/h6-9,12,14,16H,10-11H2,1-5H3,(H,19,23)(H,21,22). The number of carboxylic acid groups (broad SMARTS) is 1. The average molecular weight is 320 g/mol. The summed E-state index contributed by atoms with van der Waals surface area (Å²) in [5, 5.41) is 12.0. The summed E-state index contributed by atoms with van der Waals surface area (Å²) in [6.07, 6.45) is 0.832.